The van der Waals surface area contributed by atoms with E-state index in [1.165, 1.54) is 11.8 Å². The number of carbonyl (C=O) groups is 1. The Labute approximate surface area is 181 Å². The molecule has 1 unspecified atom stereocenters. The zero-order chi connectivity index (χ0) is 20.4. The third kappa shape index (κ3) is 4.42. The van der Waals surface area contributed by atoms with Crippen LogP contribution in [-0.2, 0) is 4.79 Å². The molecule has 0 radical (unpaired) electrons. The van der Waals surface area contributed by atoms with Gasteiger partial charge >= 0.3 is 0 Å². The molecule has 0 aliphatic heterocycles. The monoisotopic (exact) mass is 440 g/mol. The zero-order valence-electron chi connectivity index (χ0n) is 15.7. The van der Waals surface area contributed by atoms with Gasteiger partial charge in [0.1, 0.15) is 15.7 Å². The number of hydrogen-bond acceptors (Lipinski definition) is 6. The van der Waals surface area contributed by atoms with Gasteiger partial charge in [-0.2, -0.15) is 0 Å². The van der Waals surface area contributed by atoms with E-state index < -0.39 is 0 Å². The molecule has 0 saturated heterocycles. The first-order chi connectivity index (χ1) is 14.0. The lowest BCUT2D eigenvalue weighted by atomic mass is 10.2. The van der Waals surface area contributed by atoms with E-state index in [1.807, 2.05) is 32.0 Å². The van der Waals surface area contributed by atoms with Crippen molar-refractivity contribution in [3.05, 3.63) is 65.7 Å². The average Bonchev–Trinajstić information content (AvgIpc) is 3.14. The molecule has 1 N–H and O–H groups in total. The van der Waals surface area contributed by atoms with Gasteiger partial charge in [-0.15, -0.1) is 11.3 Å². The Balaban J connectivity index is 1.60. The van der Waals surface area contributed by atoms with Gasteiger partial charge in [0.15, 0.2) is 5.15 Å². The Morgan fingerprint density at radius 3 is 2.72 bits per heavy atom. The number of thioether (sulfide) groups is 1. The van der Waals surface area contributed by atoms with Crippen molar-refractivity contribution in [3.63, 3.8) is 0 Å². The van der Waals surface area contributed by atoms with Crippen molar-refractivity contribution in [2.24, 2.45) is 0 Å². The number of nitrogens with zero attached hydrogens (tertiary/aromatic N) is 3. The summed E-state index contributed by atoms with van der Waals surface area (Å²) in [5.74, 6) is 0.525. The fourth-order valence-corrected chi connectivity index (χ4v) is 5.05. The van der Waals surface area contributed by atoms with Gasteiger partial charge in [-0.25, -0.2) is 15.0 Å². The van der Waals surface area contributed by atoms with Crippen LogP contribution in [0.2, 0.25) is 5.15 Å². The summed E-state index contributed by atoms with van der Waals surface area (Å²) in [4.78, 5) is 27.9. The molecule has 4 aromatic rings. The number of halogens is 1. The topological polar surface area (TPSA) is 67.8 Å². The fourth-order valence-electron chi connectivity index (χ4n) is 2.77. The number of pyridine rings is 1. The van der Waals surface area contributed by atoms with Crippen molar-refractivity contribution in [2.75, 3.05) is 5.32 Å². The highest BCUT2D eigenvalue weighted by Crippen LogP contribution is 2.37. The first-order valence-electron chi connectivity index (χ1n) is 8.93. The molecule has 1 amide bonds. The molecule has 1 aromatic carbocycles. The Morgan fingerprint density at radius 2 is 1.97 bits per heavy atom. The number of anilines is 1. The minimum absolute atomic E-state index is 0.159. The minimum atomic E-state index is -0.371. The third-order valence-electron chi connectivity index (χ3n) is 4.20. The molecular formula is C21H17ClN4OS2. The van der Waals surface area contributed by atoms with Crippen LogP contribution in [0.1, 0.15) is 12.7 Å². The summed E-state index contributed by atoms with van der Waals surface area (Å²) in [7, 11) is 0. The molecule has 0 bridgehead atoms. The number of thiophene rings is 1. The predicted octanol–water partition coefficient (Wildman–Crippen LogP) is 5.83. The highest BCUT2D eigenvalue weighted by Gasteiger charge is 2.20. The molecule has 29 heavy (non-hydrogen) atoms. The van der Waals surface area contributed by atoms with Crippen LogP contribution >= 0.6 is 34.7 Å². The van der Waals surface area contributed by atoms with Crippen molar-refractivity contribution in [1.29, 1.82) is 0 Å². The Bertz CT molecular complexity index is 1180. The maximum atomic E-state index is 12.7. The number of carbonyl (C=O) groups excluding carboxylic acids is 1. The number of fused-ring (bicyclic) bond motifs is 1. The predicted molar refractivity (Wildman–Crippen MR) is 121 cm³/mol. The molecule has 4 rings (SSSR count). The number of aryl methyl sites for hydroxylation is 1. The van der Waals surface area contributed by atoms with Gasteiger partial charge in [-0.1, -0.05) is 53.7 Å². The lowest BCUT2D eigenvalue weighted by Gasteiger charge is -2.12. The van der Waals surface area contributed by atoms with Crippen molar-refractivity contribution < 1.29 is 4.79 Å². The summed E-state index contributed by atoms with van der Waals surface area (Å²) in [6, 6.07) is 15.7. The fraction of sp³-hybridized carbons (Fsp3) is 0.143. The average molecular weight is 441 g/mol. The lowest BCUT2D eigenvalue weighted by molar-refractivity contribution is -0.115. The third-order valence-corrected chi connectivity index (χ3v) is 6.68. The van der Waals surface area contributed by atoms with Crippen LogP contribution in [0, 0.1) is 6.92 Å². The Kier molecular flexibility index (Phi) is 5.80. The van der Waals surface area contributed by atoms with E-state index in [2.05, 4.69) is 38.5 Å². The second-order valence-corrected chi connectivity index (χ2v) is 9.08. The first kappa shape index (κ1) is 19.8. The van der Waals surface area contributed by atoms with Gasteiger partial charge < -0.3 is 5.32 Å². The molecule has 0 saturated carbocycles. The largest absolute Gasteiger partial charge is 0.322 e. The highest BCUT2D eigenvalue weighted by molar-refractivity contribution is 8.00. The molecule has 146 valence electrons. The van der Waals surface area contributed by atoms with Gasteiger partial charge in [0.2, 0.25) is 5.91 Å². The molecule has 1 atom stereocenters. The van der Waals surface area contributed by atoms with Crippen molar-refractivity contribution in [3.8, 4) is 10.4 Å². The maximum absolute atomic E-state index is 12.7. The summed E-state index contributed by atoms with van der Waals surface area (Å²) < 4.78 is 0. The normalized spacial score (nSPS) is 12.1. The van der Waals surface area contributed by atoms with Gasteiger partial charge in [0, 0.05) is 16.5 Å². The minimum Gasteiger partial charge on any atom is -0.322 e. The number of hydrogen-bond donors (Lipinski definition) is 1. The molecular weight excluding hydrogens is 424 g/mol. The number of nitrogens with one attached hydrogen (secondary N) is 1. The van der Waals surface area contributed by atoms with E-state index in [0.29, 0.717) is 11.5 Å². The van der Waals surface area contributed by atoms with Crippen LogP contribution in [0.4, 0.5) is 5.69 Å². The van der Waals surface area contributed by atoms with Crippen LogP contribution in [-0.4, -0.2) is 26.1 Å². The van der Waals surface area contributed by atoms with Crippen LogP contribution < -0.4 is 5.32 Å². The van der Waals surface area contributed by atoms with E-state index in [0.717, 1.165) is 25.7 Å². The van der Waals surface area contributed by atoms with Crippen LogP contribution in [0.3, 0.4) is 0 Å². The van der Waals surface area contributed by atoms with Crippen LogP contribution in [0.25, 0.3) is 20.7 Å². The van der Waals surface area contributed by atoms with Crippen LogP contribution in [0.15, 0.2) is 59.8 Å². The van der Waals surface area contributed by atoms with E-state index in [4.69, 9.17) is 11.6 Å². The van der Waals surface area contributed by atoms with Crippen molar-refractivity contribution in [2.45, 2.75) is 24.1 Å². The molecule has 0 aliphatic carbocycles. The SMILES string of the molecule is Cc1nc(SC(C)C(=O)Nc2cccnc2Cl)c2cc(-c3ccccc3)sc2n1. The van der Waals surface area contributed by atoms with E-state index in [-0.39, 0.29) is 16.3 Å². The van der Waals surface area contributed by atoms with E-state index in [1.54, 1.807) is 29.7 Å². The standard InChI is InChI=1S/C21H17ClN4OS2/c1-12(19(27)26-16-9-6-10-23-18(16)22)28-20-15-11-17(14-7-4-3-5-8-14)29-21(15)25-13(2)24-20/h3-12H,1-2H3,(H,26,27). The van der Waals surface area contributed by atoms with Gasteiger partial charge in [0.05, 0.1) is 10.9 Å². The van der Waals surface area contributed by atoms with Gasteiger partial charge in [-0.3, -0.25) is 4.79 Å². The number of rotatable bonds is 5. The van der Waals surface area contributed by atoms with Crippen LogP contribution in [0.5, 0.6) is 0 Å². The quantitative estimate of drug-likeness (QED) is 0.240. The molecule has 0 spiro atoms. The molecule has 8 heteroatoms. The first-order valence-corrected chi connectivity index (χ1v) is 11.0. The summed E-state index contributed by atoms with van der Waals surface area (Å²) in [6.07, 6.45) is 1.58. The summed E-state index contributed by atoms with van der Waals surface area (Å²) in [5.41, 5.74) is 1.64. The molecule has 0 aliphatic rings. The van der Waals surface area contributed by atoms with Crippen molar-refractivity contribution in [1.82, 2.24) is 15.0 Å². The number of benzene rings is 1. The summed E-state index contributed by atoms with van der Waals surface area (Å²) in [5, 5.41) is 4.48. The highest BCUT2D eigenvalue weighted by atomic mass is 35.5. The Hall–Kier alpha value is -2.48. The number of aromatic nitrogens is 3. The second kappa shape index (κ2) is 8.49. The van der Waals surface area contributed by atoms with E-state index >= 15 is 0 Å². The summed E-state index contributed by atoms with van der Waals surface area (Å²) >= 11 is 9.08. The zero-order valence-corrected chi connectivity index (χ0v) is 18.1. The lowest BCUT2D eigenvalue weighted by Crippen LogP contribution is -2.22. The van der Waals surface area contributed by atoms with Gasteiger partial charge in [-0.05, 0) is 37.6 Å². The molecule has 3 aromatic heterocycles. The molecule has 3 heterocycles. The second-order valence-electron chi connectivity index (χ2n) is 6.36. The van der Waals surface area contributed by atoms with Gasteiger partial charge in [0.25, 0.3) is 0 Å². The Morgan fingerprint density at radius 1 is 1.17 bits per heavy atom. The summed E-state index contributed by atoms with van der Waals surface area (Å²) in [6.45, 7) is 3.71. The van der Waals surface area contributed by atoms with E-state index in [9.17, 15) is 4.79 Å². The molecule has 5 nitrogen and oxygen atoms in total. The number of amides is 1. The molecule has 0 fully saturated rings. The smallest absolute Gasteiger partial charge is 0.237 e. The maximum Gasteiger partial charge on any atom is 0.237 e. The van der Waals surface area contributed by atoms with Crippen molar-refractivity contribution >= 4 is 56.5 Å².